The van der Waals surface area contributed by atoms with Crippen molar-refractivity contribution in [1.82, 2.24) is 9.97 Å². The van der Waals surface area contributed by atoms with Gasteiger partial charge >= 0.3 is 0 Å². The molecule has 0 aromatic carbocycles. The van der Waals surface area contributed by atoms with Crippen LogP contribution in [0, 0.1) is 0 Å². The van der Waals surface area contributed by atoms with E-state index < -0.39 is 9.84 Å². The monoisotopic (exact) mass is 284 g/mol. The Morgan fingerprint density at radius 1 is 1.32 bits per heavy atom. The average Bonchev–Trinajstić information content (AvgIpc) is 2.68. The summed E-state index contributed by atoms with van der Waals surface area (Å²) in [5, 5.41) is 6.19. The van der Waals surface area contributed by atoms with Gasteiger partial charge in [0.2, 0.25) is 0 Å². The Morgan fingerprint density at radius 3 is 2.53 bits per heavy atom. The summed E-state index contributed by atoms with van der Waals surface area (Å²) in [5.41, 5.74) is 0. The predicted octanol–water partition coefficient (Wildman–Crippen LogP) is 1.24. The van der Waals surface area contributed by atoms with Crippen LogP contribution in [-0.2, 0) is 9.84 Å². The number of sulfone groups is 1. The van der Waals surface area contributed by atoms with Crippen molar-refractivity contribution in [2.45, 2.75) is 32.2 Å². The SMILES string of the molecule is CNc1cc(NC2CCS(=O)(=O)C2)nc(C(C)C)n1. The van der Waals surface area contributed by atoms with E-state index in [1.165, 1.54) is 0 Å². The second kappa shape index (κ2) is 5.32. The van der Waals surface area contributed by atoms with E-state index in [9.17, 15) is 8.42 Å². The molecule has 1 aliphatic rings. The Bertz CT molecular complexity index is 557. The summed E-state index contributed by atoms with van der Waals surface area (Å²) < 4.78 is 22.9. The van der Waals surface area contributed by atoms with Crippen LogP contribution in [0.25, 0.3) is 0 Å². The number of hydrogen-bond donors (Lipinski definition) is 2. The summed E-state index contributed by atoms with van der Waals surface area (Å²) in [7, 11) is -1.08. The molecule has 2 N–H and O–H groups in total. The minimum absolute atomic E-state index is 0.0513. The van der Waals surface area contributed by atoms with E-state index in [1.807, 2.05) is 13.8 Å². The molecule has 0 spiro atoms. The van der Waals surface area contributed by atoms with E-state index in [-0.39, 0.29) is 23.5 Å². The minimum Gasteiger partial charge on any atom is -0.373 e. The molecule has 1 saturated heterocycles. The fraction of sp³-hybridized carbons (Fsp3) is 0.667. The van der Waals surface area contributed by atoms with E-state index in [1.54, 1.807) is 13.1 Å². The summed E-state index contributed by atoms with van der Waals surface area (Å²) in [4.78, 5) is 8.81. The normalized spacial score (nSPS) is 21.6. The van der Waals surface area contributed by atoms with E-state index >= 15 is 0 Å². The molecule has 0 amide bonds. The van der Waals surface area contributed by atoms with Gasteiger partial charge in [0.1, 0.15) is 17.5 Å². The van der Waals surface area contributed by atoms with E-state index in [0.29, 0.717) is 12.2 Å². The smallest absolute Gasteiger partial charge is 0.152 e. The molecule has 1 unspecified atom stereocenters. The topological polar surface area (TPSA) is 84.0 Å². The number of anilines is 2. The highest BCUT2D eigenvalue weighted by molar-refractivity contribution is 7.91. The third-order valence-corrected chi connectivity index (χ3v) is 4.87. The van der Waals surface area contributed by atoms with E-state index in [0.717, 1.165) is 11.6 Å². The molecular formula is C12H20N4O2S. The molecule has 0 bridgehead atoms. The summed E-state index contributed by atoms with van der Waals surface area (Å²) in [6.45, 7) is 4.05. The van der Waals surface area contributed by atoms with Crippen LogP contribution in [0.15, 0.2) is 6.07 Å². The molecular weight excluding hydrogens is 264 g/mol. The Labute approximate surface area is 114 Å². The van der Waals surface area contributed by atoms with Gasteiger partial charge in [-0.3, -0.25) is 0 Å². The zero-order chi connectivity index (χ0) is 14.0. The lowest BCUT2D eigenvalue weighted by atomic mass is 10.2. The number of nitrogens with zero attached hydrogens (tertiary/aromatic N) is 2. The van der Waals surface area contributed by atoms with Crippen molar-refractivity contribution in [2.24, 2.45) is 0 Å². The van der Waals surface area contributed by atoms with Gasteiger partial charge in [0.25, 0.3) is 0 Å². The molecule has 19 heavy (non-hydrogen) atoms. The zero-order valence-electron chi connectivity index (χ0n) is 11.5. The molecule has 0 saturated carbocycles. The lowest BCUT2D eigenvalue weighted by molar-refractivity contribution is 0.602. The first-order valence-electron chi connectivity index (χ1n) is 6.43. The summed E-state index contributed by atoms with van der Waals surface area (Å²) in [6.07, 6.45) is 0.637. The Hall–Kier alpha value is -1.37. The van der Waals surface area contributed by atoms with E-state index in [2.05, 4.69) is 20.6 Å². The molecule has 0 radical (unpaired) electrons. The van der Waals surface area contributed by atoms with Gasteiger partial charge in [0.15, 0.2) is 9.84 Å². The van der Waals surface area contributed by atoms with Crippen LogP contribution in [0.4, 0.5) is 11.6 Å². The molecule has 1 aliphatic heterocycles. The van der Waals surface area contributed by atoms with Gasteiger partial charge in [-0.05, 0) is 6.42 Å². The van der Waals surface area contributed by atoms with Crippen LogP contribution in [0.2, 0.25) is 0 Å². The van der Waals surface area contributed by atoms with Crippen LogP contribution in [-0.4, -0.2) is 43.0 Å². The Kier molecular flexibility index (Phi) is 3.93. The molecule has 6 nitrogen and oxygen atoms in total. The first-order valence-corrected chi connectivity index (χ1v) is 8.25. The second-order valence-corrected chi connectivity index (χ2v) is 7.37. The molecule has 1 aromatic heterocycles. The fourth-order valence-corrected chi connectivity index (χ4v) is 3.72. The third kappa shape index (κ3) is 3.56. The van der Waals surface area contributed by atoms with Gasteiger partial charge < -0.3 is 10.6 Å². The van der Waals surface area contributed by atoms with Gasteiger partial charge in [-0.15, -0.1) is 0 Å². The van der Waals surface area contributed by atoms with Gasteiger partial charge in [0.05, 0.1) is 11.5 Å². The highest BCUT2D eigenvalue weighted by Crippen LogP contribution is 2.20. The molecule has 1 atom stereocenters. The zero-order valence-corrected chi connectivity index (χ0v) is 12.3. The Morgan fingerprint density at radius 2 is 2.00 bits per heavy atom. The third-order valence-electron chi connectivity index (χ3n) is 3.10. The Balaban J connectivity index is 2.18. The maximum atomic E-state index is 11.4. The molecule has 2 rings (SSSR count). The lowest BCUT2D eigenvalue weighted by Gasteiger charge is -2.14. The first-order chi connectivity index (χ1) is 8.89. The first kappa shape index (κ1) is 14.0. The lowest BCUT2D eigenvalue weighted by Crippen LogP contribution is -2.22. The molecule has 0 aliphatic carbocycles. The highest BCUT2D eigenvalue weighted by atomic mass is 32.2. The molecule has 7 heteroatoms. The highest BCUT2D eigenvalue weighted by Gasteiger charge is 2.28. The van der Waals surface area contributed by atoms with Gasteiger partial charge in [-0.2, -0.15) is 0 Å². The largest absolute Gasteiger partial charge is 0.373 e. The predicted molar refractivity (Wildman–Crippen MR) is 76.3 cm³/mol. The van der Waals surface area contributed by atoms with Crippen molar-refractivity contribution in [3.8, 4) is 0 Å². The van der Waals surface area contributed by atoms with Crippen molar-refractivity contribution in [2.75, 3.05) is 29.2 Å². The molecule has 106 valence electrons. The quantitative estimate of drug-likeness (QED) is 0.865. The fourth-order valence-electron chi connectivity index (χ4n) is 2.04. The van der Waals surface area contributed by atoms with E-state index in [4.69, 9.17) is 0 Å². The van der Waals surface area contributed by atoms with Crippen molar-refractivity contribution < 1.29 is 8.42 Å². The summed E-state index contributed by atoms with van der Waals surface area (Å²) in [5.74, 6) is 2.83. The number of aromatic nitrogens is 2. The van der Waals surface area contributed by atoms with Crippen LogP contribution >= 0.6 is 0 Å². The minimum atomic E-state index is -2.88. The van der Waals surface area contributed by atoms with Crippen molar-refractivity contribution in [1.29, 1.82) is 0 Å². The van der Waals surface area contributed by atoms with Crippen LogP contribution in [0.1, 0.15) is 32.0 Å². The molecule has 1 aromatic rings. The number of nitrogens with one attached hydrogen (secondary N) is 2. The summed E-state index contributed by atoms with van der Waals surface area (Å²) >= 11 is 0. The average molecular weight is 284 g/mol. The maximum absolute atomic E-state index is 11.4. The van der Waals surface area contributed by atoms with Crippen LogP contribution in [0.3, 0.4) is 0 Å². The maximum Gasteiger partial charge on any atom is 0.152 e. The standard InChI is InChI=1S/C12H20N4O2S/c1-8(2)12-15-10(13-3)6-11(16-12)14-9-4-5-19(17,18)7-9/h6,8-9H,4-5,7H2,1-3H3,(H2,13,14,15,16). The molecule has 2 heterocycles. The van der Waals surface area contributed by atoms with Crippen molar-refractivity contribution in [3.05, 3.63) is 11.9 Å². The van der Waals surface area contributed by atoms with Crippen molar-refractivity contribution in [3.63, 3.8) is 0 Å². The number of hydrogen-bond acceptors (Lipinski definition) is 6. The van der Waals surface area contributed by atoms with Gasteiger partial charge in [-0.1, -0.05) is 13.8 Å². The molecule has 1 fully saturated rings. The van der Waals surface area contributed by atoms with Crippen LogP contribution in [0.5, 0.6) is 0 Å². The van der Waals surface area contributed by atoms with Crippen molar-refractivity contribution >= 4 is 21.5 Å². The van der Waals surface area contributed by atoms with Gasteiger partial charge in [-0.25, -0.2) is 18.4 Å². The summed E-state index contributed by atoms with van der Waals surface area (Å²) in [6, 6.07) is 1.75. The van der Waals surface area contributed by atoms with Gasteiger partial charge in [0, 0.05) is 25.1 Å². The van der Waals surface area contributed by atoms with Crippen LogP contribution < -0.4 is 10.6 Å². The number of rotatable bonds is 4. The second-order valence-electron chi connectivity index (χ2n) is 5.15.